The first kappa shape index (κ1) is 24.2. The molecule has 34 heavy (non-hydrogen) atoms. The topological polar surface area (TPSA) is 64.0 Å². The first-order valence-electron chi connectivity index (χ1n) is 11.7. The van der Waals surface area contributed by atoms with Crippen LogP contribution in [0.4, 0.5) is 13.2 Å². The highest BCUT2D eigenvalue weighted by Gasteiger charge is 2.37. The average Bonchev–Trinajstić information content (AvgIpc) is 3.34. The molecule has 1 aliphatic heterocycles. The highest BCUT2D eigenvalue weighted by Crippen LogP contribution is 2.34. The molecule has 1 aromatic heterocycles. The molecule has 0 saturated carbocycles. The second kappa shape index (κ2) is 10.6. The number of alkyl halides is 3. The lowest BCUT2D eigenvalue weighted by molar-refractivity contribution is -0.146. The molecule has 3 atom stereocenters. The molecule has 0 bridgehead atoms. The quantitative estimate of drug-likeness (QED) is 0.471. The molecule has 1 unspecified atom stereocenters. The van der Waals surface area contributed by atoms with Crippen molar-refractivity contribution in [2.75, 3.05) is 13.2 Å². The number of nitrogens with one attached hydrogen (secondary N) is 2. The molecule has 2 aromatic carbocycles. The van der Waals surface area contributed by atoms with Gasteiger partial charge in [0, 0.05) is 29.4 Å². The number of ether oxygens (including phenoxy) is 1. The van der Waals surface area contributed by atoms with Crippen LogP contribution in [0.3, 0.4) is 0 Å². The fourth-order valence-electron chi connectivity index (χ4n) is 4.47. The summed E-state index contributed by atoms with van der Waals surface area (Å²) in [5.74, 6) is -0.394. The zero-order valence-electron chi connectivity index (χ0n) is 19.3. The minimum absolute atomic E-state index is 0.148. The summed E-state index contributed by atoms with van der Waals surface area (Å²) >= 11 is 0. The number of halogens is 3. The Morgan fingerprint density at radius 3 is 2.74 bits per heavy atom. The maximum Gasteiger partial charge on any atom is 0.452 e. The van der Waals surface area contributed by atoms with Crippen molar-refractivity contribution in [2.24, 2.45) is 0 Å². The van der Waals surface area contributed by atoms with Crippen LogP contribution in [0.25, 0.3) is 5.69 Å². The number of hydrogen-bond acceptors (Lipinski definition) is 5. The lowest BCUT2D eigenvalue weighted by atomic mass is 9.91. The average molecular weight is 473 g/mol. The van der Waals surface area contributed by atoms with Gasteiger partial charge in [0.05, 0.1) is 6.61 Å². The van der Waals surface area contributed by atoms with Gasteiger partial charge in [0.2, 0.25) is 5.82 Å². The number of aromatic nitrogens is 3. The number of hydrogen-bond donors (Lipinski definition) is 2. The van der Waals surface area contributed by atoms with E-state index in [1.165, 1.54) is 5.56 Å². The van der Waals surface area contributed by atoms with Gasteiger partial charge in [-0.2, -0.15) is 13.2 Å². The largest absolute Gasteiger partial charge is 0.493 e. The van der Waals surface area contributed by atoms with Gasteiger partial charge in [0.25, 0.3) is 0 Å². The molecule has 2 heterocycles. The van der Waals surface area contributed by atoms with E-state index in [0.717, 1.165) is 42.3 Å². The van der Waals surface area contributed by atoms with E-state index in [1.54, 1.807) is 18.2 Å². The van der Waals surface area contributed by atoms with Gasteiger partial charge in [-0.25, -0.2) is 0 Å². The molecule has 1 aliphatic rings. The summed E-state index contributed by atoms with van der Waals surface area (Å²) in [6, 6.07) is 15.5. The van der Waals surface area contributed by atoms with E-state index in [-0.39, 0.29) is 18.1 Å². The minimum atomic E-state index is -4.60. The first-order chi connectivity index (χ1) is 16.4. The van der Waals surface area contributed by atoms with E-state index in [1.807, 2.05) is 32.0 Å². The van der Waals surface area contributed by atoms with Gasteiger partial charge in [0.1, 0.15) is 12.1 Å². The Hall–Kier alpha value is -2.91. The molecule has 2 N–H and O–H groups in total. The molecule has 9 heteroatoms. The van der Waals surface area contributed by atoms with Gasteiger partial charge >= 0.3 is 6.18 Å². The Labute approximate surface area is 197 Å². The summed E-state index contributed by atoms with van der Waals surface area (Å²) in [4.78, 5) is 0. The van der Waals surface area contributed by atoms with Gasteiger partial charge in [-0.3, -0.25) is 4.57 Å². The molecule has 0 spiro atoms. The van der Waals surface area contributed by atoms with Crippen molar-refractivity contribution in [2.45, 2.75) is 57.4 Å². The Morgan fingerprint density at radius 2 is 2.00 bits per heavy atom. The second-order valence-electron chi connectivity index (χ2n) is 8.57. The normalized spacial score (nSPS) is 19.7. The van der Waals surface area contributed by atoms with Crippen LogP contribution >= 0.6 is 0 Å². The summed E-state index contributed by atoms with van der Waals surface area (Å²) in [5.41, 5.74) is 2.35. The van der Waals surface area contributed by atoms with Crippen LogP contribution < -0.4 is 15.4 Å². The third-order valence-electron chi connectivity index (χ3n) is 6.08. The summed E-state index contributed by atoms with van der Waals surface area (Å²) in [5, 5.41) is 14.1. The number of piperidine rings is 1. The number of nitrogens with zero attached hydrogens (tertiary/aromatic N) is 3. The zero-order chi connectivity index (χ0) is 24.1. The van der Waals surface area contributed by atoms with E-state index >= 15 is 0 Å². The summed E-state index contributed by atoms with van der Waals surface area (Å²) in [6.45, 7) is 5.50. The fourth-order valence-corrected chi connectivity index (χ4v) is 4.47. The van der Waals surface area contributed by atoms with Crippen molar-refractivity contribution in [3.05, 3.63) is 71.8 Å². The van der Waals surface area contributed by atoms with Crippen molar-refractivity contribution in [3.63, 3.8) is 0 Å². The Bertz CT molecular complexity index is 1070. The van der Waals surface area contributed by atoms with Crippen molar-refractivity contribution >= 4 is 0 Å². The molecule has 4 rings (SSSR count). The molecule has 6 nitrogen and oxygen atoms in total. The van der Waals surface area contributed by atoms with Crippen LogP contribution in [0.5, 0.6) is 5.75 Å². The lowest BCUT2D eigenvalue weighted by Gasteiger charge is -2.36. The number of benzene rings is 2. The third-order valence-corrected chi connectivity index (χ3v) is 6.08. The maximum absolute atomic E-state index is 13.4. The molecule has 0 amide bonds. The van der Waals surface area contributed by atoms with E-state index in [9.17, 15) is 13.2 Å². The Kier molecular flexibility index (Phi) is 7.53. The zero-order valence-corrected chi connectivity index (χ0v) is 19.3. The van der Waals surface area contributed by atoms with Gasteiger partial charge in [0.15, 0.2) is 0 Å². The molecule has 0 aliphatic carbocycles. The molecule has 3 aromatic rings. The predicted octanol–water partition coefficient (Wildman–Crippen LogP) is 5.22. The van der Waals surface area contributed by atoms with Crippen LogP contribution in [0, 0.1) is 0 Å². The second-order valence-corrected chi connectivity index (χ2v) is 8.57. The third kappa shape index (κ3) is 5.42. The van der Waals surface area contributed by atoms with Crippen LogP contribution in [-0.4, -0.2) is 34.0 Å². The molecule has 182 valence electrons. The highest BCUT2D eigenvalue weighted by molar-refractivity contribution is 5.46. The van der Waals surface area contributed by atoms with Crippen molar-refractivity contribution in [3.8, 4) is 11.4 Å². The van der Waals surface area contributed by atoms with Crippen LogP contribution in [-0.2, 0) is 6.18 Å². The summed E-state index contributed by atoms with van der Waals surface area (Å²) < 4.78 is 47.2. The monoisotopic (exact) mass is 472 g/mol. The molecular weight excluding hydrogens is 442 g/mol. The summed E-state index contributed by atoms with van der Waals surface area (Å²) in [6.07, 6.45) is -0.652. The Morgan fingerprint density at radius 1 is 1.21 bits per heavy atom. The van der Waals surface area contributed by atoms with Crippen LogP contribution in [0.1, 0.15) is 62.1 Å². The lowest BCUT2D eigenvalue weighted by Crippen LogP contribution is -2.46. The standard InChI is InChI=1S/C25H30F3N5O/c1-3-14-34-22-12-11-19(33-16-30-32-24(33)25(26,27)28)15-20(22)17(2)31-21-10-7-13-29-23(21)18-8-5-4-6-9-18/h4-6,8-9,11-12,15-17,21,23,29,31H,3,7,10,13-14H2,1-2H3/t17?,21-,23-/m0/s1/i14-1. The maximum atomic E-state index is 13.4. The Balaban J connectivity index is 1.64. The number of rotatable bonds is 8. The van der Waals surface area contributed by atoms with E-state index in [4.69, 9.17) is 4.74 Å². The van der Waals surface area contributed by atoms with Crippen molar-refractivity contribution in [1.29, 1.82) is 0 Å². The molecular formula is C25H30F3N5O. The highest BCUT2D eigenvalue weighted by atomic mass is 19.4. The van der Waals surface area contributed by atoms with E-state index in [0.29, 0.717) is 18.0 Å². The predicted molar refractivity (Wildman–Crippen MR) is 124 cm³/mol. The minimum Gasteiger partial charge on any atom is -0.493 e. The van der Waals surface area contributed by atoms with E-state index < -0.39 is 12.0 Å². The molecule has 1 fully saturated rings. The van der Waals surface area contributed by atoms with Crippen molar-refractivity contribution < 1.29 is 17.9 Å². The smallest absolute Gasteiger partial charge is 0.452 e. The van der Waals surface area contributed by atoms with Crippen LogP contribution in [0.2, 0.25) is 0 Å². The summed E-state index contributed by atoms with van der Waals surface area (Å²) in [7, 11) is 0. The van der Waals surface area contributed by atoms with Gasteiger partial charge in [-0.15, -0.1) is 10.2 Å². The first-order valence-corrected chi connectivity index (χ1v) is 11.7. The van der Waals surface area contributed by atoms with Crippen molar-refractivity contribution in [1.82, 2.24) is 25.4 Å². The molecule has 1 saturated heterocycles. The SMILES string of the molecule is CC[11CH2]Oc1ccc(-n2cnnc2C(F)(F)F)cc1C(C)N[C@H]1CCCN[C@H]1c1ccccc1. The van der Waals surface area contributed by atoms with Gasteiger partial charge in [-0.1, -0.05) is 37.3 Å². The fraction of sp³-hybridized carbons (Fsp3) is 0.440. The molecule has 0 radical (unpaired) electrons. The van der Waals surface area contributed by atoms with Gasteiger partial charge in [-0.05, 0) is 56.5 Å². The van der Waals surface area contributed by atoms with E-state index in [2.05, 4.69) is 33.0 Å². The van der Waals surface area contributed by atoms with Gasteiger partial charge < -0.3 is 15.4 Å². The van der Waals surface area contributed by atoms with Crippen LogP contribution in [0.15, 0.2) is 54.9 Å².